The normalized spacial score (nSPS) is 10.2. The molecule has 3 rings (SSSR count). The van der Waals surface area contributed by atoms with Crippen LogP contribution in [0.1, 0.15) is 33.2 Å². The maximum atomic E-state index is 13.0. The zero-order valence-corrected chi connectivity index (χ0v) is 16.2. The van der Waals surface area contributed by atoms with E-state index in [1.165, 1.54) is 11.8 Å². The van der Waals surface area contributed by atoms with Gasteiger partial charge >= 0.3 is 0 Å². The van der Waals surface area contributed by atoms with Gasteiger partial charge in [0, 0.05) is 23.4 Å². The van der Waals surface area contributed by atoms with Crippen LogP contribution in [0.3, 0.4) is 0 Å². The smallest absolute Gasteiger partial charge is 0.254 e. The van der Waals surface area contributed by atoms with Crippen molar-refractivity contribution < 1.29 is 14.4 Å². The number of nitrogens with one attached hydrogen (secondary N) is 1. The summed E-state index contributed by atoms with van der Waals surface area (Å²) in [4.78, 5) is 38.5. The number of hydrogen-bond acceptors (Lipinski definition) is 3. The van der Waals surface area contributed by atoms with Crippen LogP contribution < -0.4 is 5.32 Å². The largest absolute Gasteiger partial charge is 0.325 e. The number of Topliss-reactive ketones (excluding diaryl/α,β-unsaturated/α-hetero) is 1. The fourth-order valence-corrected chi connectivity index (χ4v) is 2.93. The van der Waals surface area contributed by atoms with Gasteiger partial charge in [0.2, 0.25) is 5.91 Å². The SMILES string of the molecule is CC(=O)c1ccc(NC(=O)CN(Cc2ccccc2)C(=O)c2ccccc2)cc1. The summed E-state index contributed by atoms with van der Waals surface area (Å²) < 4.78 is 0. The molecule has 0 saturated carbocycles. The van der Waals surface area contributed by atoms with Crippen LogP contribution in [0.4, 0.5) is 5.69 Å². The van der Waals surface area contributed by atoms with E-state index < -0.39 is 0 Å². The highest BCUT2D eigenvalue weighted by Crippen LogP contribution is 2.13. The molecule has 0 aliphatic carbocycles. The molecule has 0 heterocycles. The van der Waals surface area contributed by atoms with Crippen LogP contribution in [-0.2, 0) is 11.3 Å². The topological polar surface area (TPSA) is 66.5 Å². The van der Waals surface area contributed by atoms with Crippen LogP contribution in [0.15, 0.2) is 84.9 Å². The lowest BCUT2D eigenvalue weighted by Crippen LogP contribution is -2.37. The maximum Gasteiger partial charge on any atom is 0.254 e. The number of nitrogens with zero attached hydrogens (tertiary/aromatic N) is 1. The average Bonchev–Trinajstić information content (AvgIpc) is 2.74. The summed E-state index contributed by atoms with van der Waals surface area (Å²) >= 11 is 0. The van der Waals surface area contributed by atoms with Gasteiger partial charge in [-0.15, -0.1) is 0 Å². The number of ketones is 1. The van der Waals surface area contributed by atoms with E-state index in [4.69, 9.17) is 0 Å². The molecule has 3 aromatic rings. The van der Waals surface area contributed by atoms with Crippen LogP contribution >= 0.6 is 0 Å². The van der Waals surface area contributed by atoms with Crippen molar-refractivity contribution in [3.05, 3.63) is 102 Å². The Hall–Kier alpha value is -3.73. The predicted molar refractivity (Wildman–Crippen MR) is 113 cm³/mol. The van der Waals surface area contributed by atoms with Gasteiger partial charge in [-0.05, 0) is 48.9 Å². The fourth-order valence-electron chi connectivity index (χ4n) is 2.93. The zero-order valence-electron chi connectivity index (χ0n) is 16.2. The molecule has 29 heavy (non-hydrogen) atoms. The molecule has 0 aromatic heterocycles. The van der Waals surface area contributed by atoms with E-state index in [-0.39, 0.29) is 24.1 Å². The molecule has 0 aliphatic rings. The molecule has 5 heteroatoms. The van der Waals surface area contributed by atoms with Gasteiger partial charge in [0.15, 0.2) is 5.78 Å². The van der Waals surface area contributed by atoms with Crippen LogP contribution in [0.2, 0.25) is 0 Å². The van der Waals surface area contributed by atoms with E-state index in [0.717, 1.165) is 5.56 Å². The molecule has 0 fully saturated rings. The Morgan fingerprint density at radius 1 is 0.759 bits per heavy atom. The minimum Gasteiger partial charge on any atom is -0.325 e. The maximum absolute atomic E-state index is 13.0. The summed E-state index contributed by atoms with van der Waals surface area (Å²) in [7, 11) is 0. The van der Waals surface area contributed by atoms with E-state index in [2.05, 4.69) is 5.32 Å². The van der Waals surface area contributed by atoms with Crippen LogP contribution in [0.5, 0.6) is 0 Å². The Kier molecular flexibility index (Phi) is 6.53. The lowest BCUT2D eigenvalue weighted by Gasteiger charge is -2.22. The third-order valence-electron chi connectivity index (χ3n) is 4.43. The van der Waals surface area contributed by atoms with Crippen molar-refractivity contribution in [1.29, 1.82) is 0 Å². The third kappa shape index (κ3) is 5.62. The second kappa shape index (κ2) is 9.46. The van der Waals surface area contributed by atoms with Crippen molar-refractivity contribution in [3.8, 4) is 0 Å². The summed E-state index contributed by atoms with van der Waals surface area (Å²) in [5, 5.41) is 2.79. The highest BCUT2D eigenvalue weighted by atomic mass is 16.2. The van der Waals surface area contributed by atoms with Crippen LogP contribution in [-0.4, -0.2) is 29.0 Å². The van der Waals surface area contributed by atoms with Crippen molar-refractivity contribution in [1.82, 2.24) is 4.90 Å². The van der Waals surface area contributed by atoms with E-state index in [9.17, 15) is 14.4 Å². The predicted octanol–water partition coefficient (Wildman–Crippen LogP) is 4.17. The number of carbonyl (C=O) groups excluding carboxylic acids is 3. The molecule has 0 spiro atoms. The fraction of sp³-hybridized carbons (Fsp3) is 0.125. The minimum atomic E-state index is -0.305. The average molecular weight is 386 g/mol. The van der Waals surface area contributed by atoms with Crippen molar-refractivity contribution >= 4 is 23.3 Å². The molecule has 1 N–H and O–H groups in total. The monoisotopic (exact) mass is 386 g/mol. The standard InChI is InChI=1S/C24H22N2O3/c1-18(27)20-12-14-22(15-13-20)25-23(28)17-26(16-19-8-4-2-5-9-19)24(29)21-10-6-3-7-11-21/h2-15H,16-17H2,1H3,(H,25,28). The molecule has 0 aliphatic heterocycles. The van der Waals surface area contributed by atoms with Crippen molar-refractivity contribution in [2.75, 3.05) is 11.9 Å². The molecule has 5 nitrogen and oxygen atoms in total. The summed E-state index contributed by atoms with van der Waals surface area (Å²) in [6.45, 7) is 1.73. The number of benzene rings is 3. The highest BCUT2D eigenvalue weighted by molar-refractivity contribution is 6.00. The Morgan fingerprint density at radius 3 is 1.93 bits per heavy atom. The summed E-state index contributed by atoms with van der Waals surface area (Å²) in [5.74, 6) is -0.553. The Labute approximate surface area is 170 Å². The minimum absolute atomic E-state index is 0.0367. The van der Waals surface area contributed by atoms with Gasteiger partial charge in [-0.25, -0.2) is 0 Å². The second-order valence-electron chi connectivity index (χ2n) is 6.69. The van der Waals surface area contributed by atoms with E-state index in [0.29, 0.717) is 23.4 Å². The molecule has 0 saturated heterocycles. The Bertz CT molecular complexity index is 984. The molecule has 0 radical (unpaired) electrons. The van der Waals surface area contributed by atoms with Crippen molar-refractivity contribution in [2.45, 2.75) is 13.5 Å². The van der Waals surface area contributed by atoms with Crippen LogP contribution in [0.25, 0.3) is 0 Å². The number of carbonyl (C=O) groups is 3. The number of amides is 2. The molecule has 0 atom stereocenters. The molecule has 2 amide bonds. The van der Waals surface area contributed by atoms with E-state index in [1.54, 1.807) is 48.5 Å². The Balaban J connectivity index is 1.74. The first-order chi connectivity index (χ1) is 14.0. The van der Waals surface area contributed by atoms with Gasteiger partial charge in [-0.3, -0.25) is 14.4 Å². The van der Waals surface area contributed by atoms with Gasteiger partial charge in [-0.2, -0.15) is 0 Å². The molecular weight excluding hydrogens is 364 g/mol. The molecule has 3 aromatic carbocycles. The first-order valence-corrected chi connectivity index (χ1v) is 9.32. The molecule has 0 unspecified atom stereocenters. The summed E-state index contributed by atoms with van der Waals surface area (Å²) in [6, 6.07) is 25.1. The van der Waals surface area contributed by atoms with E-state index in [1.807, 2.05) is 36.4 Å². The zero-order chi connectivity index (χ0) is 20.6. The molecule has 0 bridgehead atoms. The van der Waals surface area contributed by atoms with Crippen molar-refractivity contribution in [3.63, 3.8) is 0 Å². The van der Waals surface area contributed by atoms with Crippen LogP contribution in [0, 0.1) is 0 Å². The van der Waals surface area contributed by atoms with Crippen molar-refractivity contribution in [2.24, 2.45) is 0 Å². The summed E-state index contributed by atoms with van der Waals surface area (Å²) in [6.07, 6.45) is 0. The lowest BCUT2D eigenvalue weighted by atomic mass is 10.1. The first-order valence-electron chi connectivity index (χ1n) is 9.32. The molecular formula is C24H22N2O3. The van der Waals surface area contributed by atoms with Gasteiger partial charge in [0.1, 0.15) is 6.54 Å². The molecule has 146 valence electrons. The second-order valence-corrected chi connectivity index (χ2v) is 6.69. The summed E-state index contributed by atoms with van der Waals surface area (Å²) in [5.41, 5.74) is 2.62. The van der Waals surface area contributed by atoms with Gasteiger partial charge in [0.25, 0.3) is 5.91 Å². The quantitative estimate of drug-likeness (QED) is 0.620. The van der Waals surface area contributed by atoms with Gasteiger partial charge < -0.3 is 10.2 Å². The number of anilines is 1. The van der Waals surface area contributed by atoms with Gasteiger partial charge in [0.05, 0.1) is 0 Å². The number of rotatable bonds is 7. The van der Waals surface area contributed by atoms with Gasteiger partial charge in [-0.1, -0.05) is 48.5 Å². The first kappa shape index (κ1) is 20.0. The number of hydrogen-bond donors (Lipinski definition) is 1. The van der Waals surface area contributed by atoms with E-state index >= 15 is 0 Å². The highest BCUT2D eigenvalue weighted by Gasteiger charge is 2.19. The third-order valence-corrected chi connectivity index (χ3v) is 4.43. The lowest BCUT2D eigenvalue weighted by molar-refractivity contribution is -0.117. The Morgan fingerprint density at radius 2 is 1.34 bits per heavy atom.